The molecule has 0 radical (unpaired) electrons. The summed E-state index contributed by atoms with van der Waals surface area (Å²) in [5.74, 6) is -13.0. The molecule has 0 saturated carbocycles. The lowest BCUT2D eigenvalue weighted by Crippen LogP contribution is -2.14. The number of aryl methyl sites for hydroxylation is 2. The average Bonchev–Trinajstić information content (AvgIpc) is 2.66. The summed E-state index contributed by atoms with van der Waals surface area (Å²) >= 11 is 0. The Morgan fingerprint density at radius 3 is 1.93 bits per heavy atom. The van der Waals surface area contributed by atoms with Gasteiger partial charge in [-0.15, -0.1) is 0 Å². The highest BCUT2D eigenvalue weighted by Crippen LogP contribution is 2.33. The number of hydrogen-bond donors (Lipinski definition) is 0. The van der Waals surface area contributed by atoms with Gasteiger partial charge in [0.25, 0.3) is 0 Å². The van der Waals surface area contributed by atoms with Crippen molar-refractivity contribution in [3.05, 3.63) is 52.3 Å². The van der Waals surface area contributed by atoms with Gasteiger partial charge in [-0.3, -0.25) is 4.79 Å². The normalized spacial score (nSPS) is 10.7. The van der Waals surface area contributed by atoms with Gasteiger partial charge in [0.05, 0.1) is 14.2 Å². The van der Waals surface area contributed by atoms with Crippen molar-refractivity contribution in [1.29, 1.82) is 0 Å². The summed E-state index contributed by atoms with van der Waals surface area (Å²) in [5.41, 5.74) is 1.35. The Morgan fingerprint density at radius 1 is 0.852 bits per heavy atom. The second kappa shape index (κ2) is 8.24. The van der Waals surface area contributed by atoms with E-state index in [1.54, 1.807) is 19.1 Å². The Bertz CT molecular complexity index is 854. The van der Waals surface area contributed by atoms with Crippen LogP contribution in [-0.2, 0) is 11.2 Å². The third kappa shape index (κ3) is 4.12. The molecule has 0 aliphatic heterocycles. The fourth-order valence-electron chi connectivity index (χ4n) is 2.46. The maximum absolute atomic E-state index is 13.5. The van der Waals surface area contributed by atoms with Crippen LogP contribution in [0.1, 0.15) is 17.5 Å². The standard InChI is InChI=1S/C18H15F5O4/c1-8-6-9(7-10(25-2)17(8)26-3)4-5-11(24)27-18-15(22)13(20)12(19)14(21)16(18)23/h6-7H,4-5H2,1-3H3. The van der Waals surface area contributed by atoms with Gasteiger partial charge in [0, 0.05) is 6.42 Å². The number of carbonyl (C=O) groups excluding carboxylic acids is 1. The highest BCUT2D eigenvalue weighted by atomic mass is 19.2. The van der Waals surface area contributed by atoms with Crippen LogP contribution < -0.4 is 14.2 Å². The minimum absolute atomic E-state index is 0.0788. The monoisotopic (exact) mass is 390 g/mol. The van der Waals surface area contributed by atoms with Crippen LogP contribution in [0.2, 0.25) is 0 Å². The molecule has 0 amide bonds. The minimum Gasteiger partial charge on any atom is -0.493 e. The maximum Gasteiger partial charge on any atom is 0.311 e. The van der Waals surface area contributed by atoms with Gasteiger partial charge in [-0.05, 0) is 30.5 Å². The molecule has 0 unspecified atom stereocenters. The van der Waals surface area contributed by atoms with Crippen molar-refractivity contribution < 1.29 is 41.0 Å². The highest BCUT2D eigenvalue weighted by molar-refractivity contribution is 5.73. The quantitative estimate of drug-likeness (QED) is 0.243. The first-order chi connectivity index (χ1) is 12.7. The molecular formula is C18H15F5O4. The van der Waals surface area contributed by atoms with Crippen molar-refractivity contribution in [2.45, 2.75) is 19.8 Å². The van der Waals surface area contributed by atoms with Gasteiger partial charge in [0.1, 0.15) is 0 Å². The molecule has 9 heteroatoms. The maximum atomic E-state index is 13.5. The summed E-state index contributed by atoms with van der Waals surface area (Å²) in [4.78, 5) is 11.8. The van der Waals surface area contributed by atoms with Gasteiger partial charge in [-0.2, -0.15) is 8.78 Å². The predicted octanol–water partition coefficient (Wildman–Crippen LogP) is 4.25. The zero-order valence-electron chi connectivity index (χ0n) is 14.6. The summed E-state index contributed by atoms with van der Waals surface area (Å²) in [7, 11) is 2.89. The second-order valence-electron chi connectivity index (χ2n) is 5.52. The minimum atomic E-state index is -2.33. The summed E-state index contributed by atoms with van der Waals surface area (Å²) in [6.45, 7) is 1.75. The second-order valence-corrected chi connectivity index (χ2v) is 5.52. The van der Waals surface area contributed by atoms with E-state index in [0.29, 0.717) is 17.1 Å². The number of halogens is 5. The lowest BCUT2D eigenvalue weighted by molar-refractivity contribution is -0.134. The number of ether oxygens (including phenoxy) is 3. The van der Waals surface area contributed by atoms with E-state index in [1.807, 2.05) is 0 Å². The van der Waals surface area contributed by atoms with E-state index in [4.69, 9.17) is 9.47 Å². The van der Waals surface area contributed by atoms with E-state index < -0.39 is 40.8 Å². The fourth-order valence-corrected chi connectivity index (χ4v) is 2.46. The molecule has 0 heterocycles. The van der Waals surface area contributed by atoms with Crippen LogP contribution in [-0.4, -0.2) is 20.2 Å². The van der Waals surface area contributed by atoms with E-state index in [2.05, 4.69) is 4.74 Å². The summed E-state index contributed by atoms with van der Waals surface area (Å²) in [6, 6.07) is 3.30. The molecule has 0 fully saturated rings. The molecule has 0 aromatic heterocycles. The van der Waals surface area contributed by atoms with Gasteiger partial charge in [-0.25, -0.2) is 13.2 Å². The van der Waals surface area contributed by atoms with E-state index in [9.17, 15) is 26.7 Å². The van der Waals surface area contributed by atoms with Crippen molar-refractivity contribution in [3.8, 4) is 17.2 Å². The molecule has 0 saturated heterocycles. The zero-order chi connectivity index (χ0) is 20.3. The Morgan fingerprint density at radius 2 is 1.41 bits per heavy atom. The number of benzene rings is 2. The molecular weight excluding hydrogens is 375 g/mol. The number of esters is 1. The van der Waals surface area contributed by atoms with Crippen LogP contribution in [0.25, 0.3) is 0 Å². The summed E-state index contributed by atoms with van der Waals surface area (Å²) in [6.07, 6.45) is -0.288. The van der Waals surface area contributed by atoms with E-state index in [1.165, 1.54) is 14.2 Å². The average molecular weight is 390 g/mol. The largest absolute Gasteiger partial charge is 0.493 e. The van der Waals surface area contributed by atoms with Crippen molar-refractivity contribution in [3.63, 3.8) is 0 Å². The van der Waals surface area contributed by atoms with Gasteiger partial charge < -0.3 is 14.2 Å². The summed E-state index contributed by atoms with van der Waals surface area (Å²) < 4.78 is 81.0. The van der Waals surface area contributed by atoms with Crippen LogP contribution in [0, 0.1) is 36.0 Å². The fraction of sp³-hybridized carbons (Fsp3) is 0.278. The van der Waals surface area contributed by atoms with Gasteiger partial charge >= 0.3 is 5.97 Å². The zero-order valence-corrected chi connectivity index (χ0v) is 14.6. The number of rotatable bonds is 6. The van der Waals surface area contributed by atoms with Crippen molar-refractivity contribution in [2.24, 2.45) is 0 Å². The van der Waals surface area contributed by atoms with Gasteiger partial charge in [0.15, 0.2) is 11.5 Å². The molecule has 0 atom stereocenters. The van der Waals surface area contributed by atoms with Crippen molar-refractivity contribution >= 4 is 5.97 Å². The van der Waals surface area contributed by atoms with Crippen LogP contribution >= 0.6 is 0 Å². The molecule has 0 bridgehead atoms. The molecule has 27 heavy (non-hydrogen) atoms. The molecule has 0 N–H and O–H groups in total. The molecule has 2 aromatic carbocycles. The van der Waals surface area contributed by atoms with E-state index in [-0.39, 0.29) is 12.8 Å². The smallest absolute Gasteiger partial charge is 0.311 e. The molecule has 146 valence electrons. The topological polar surface area (TPSA) is 44.8 Å². The molecule has 0 spiro atoms. The third-order valence-corrected chi connectivity index (χ3v) is 3.73. The van der Waals surface area contributed by atoms with Gasteiger partial charge in [0.2, 0.25) is 34.8 Å². The van der Waals surface area contributed by atoms with Crippen LogP contribution in [0.4, 0.5) is 22.0 Å². The lowest BCUT2D eigenvalue weighted by Gasteiger charge is -2.13. The first kappa shape index (κ1) is 20.5. The lowest BCUT2D eigenvalue weighted by atomic mass is 10.1. The molecule has 4 nitrogen and oxygen atoms in total. The Hall–Kier alpha value is -2.84. The Balaban J connectivity index is 2.16. The van der Waals surface area contributed by atoms with Crippen molar-refractivity contribution in [1.82, 2.24) is 0 Å². The molecule has 0 aliphatic carbocycles. The van der Waals surface area contributed by atoms with E-state index in [0.717, 1.165) is 5.56 Å². The number of carbonyl (C=O) groups is 1. The Kier molecular flexibility index (Phi) is 6.24. The van der Waals surface area contributed by atoms with Crippen molar-refractivity contribution in [2.75, 3.05) is 14.2 Å². The van der Waals surface area contributed by atoms with Crippen LogP contribution in [0.3, 0.4) is 0 Å². The highest BCUT2D eigenvalue weighted by Gasteiger charge is 2.28. The molecule has 2 aromatic rings. The SMILES string of the molecule is COc1cc(CCC(=O)Oc2c(F)c(F)c(F)c(F)c2F)cc(C)c1OC. The predicted molar refractivity (Wildman–Crippen MR) is 84.5 cm³/mol. The van der Waals surface area contributed by atoms with Crippen LogP contribution in [0.15, 0.2) is 12.1 Å². The Labute approximate surface area is 151 Å². The molecule has 0 aliphatic rings. The first-order valence-corrected chi connectivity index (χ1v) is 7.64. The number of methoxy groups -OCH3 is 2. The van der Waals surface area contributed by atoms with E-state index >= 15 is 0 Å². The molecule has 2 rings (SSSR count). The third-order valence-electron chi connectivity index (χ3n) is 3.73. The number of hydrogen-bond acceptors (Lipinski definition) is 4. The van der Waals surface area contributed by atoms with Gasteiger partial charge in [-0.1, -0.05) is 6.07 Å². The summed E-state index contributed by atoms with van der Waals surface area (Å²) in [5, 5.41) is 0. The first-order valence-electron chi connectivity index (χ1n) is 7.64. The van der Waals surface area contributed by atoms with Crippen LogP contribution in [0.5, 0.6) is 17.2 Å².